The number of thiophene rings is 1. The lowest BCUT2D eigenvalue weighted by Gasteiger charge is -1.89. The lowest BCUT2D eigenvalue weighted by molar-refractivity contribution is 0.105. The van der Waals surface area contributed by atoms with Crippen molar-refractivity contribution in [1.82, 2.24) is 0 Å². The Morgan fingerprint density at radius 1 is 1.06 bits per heavy atom. The van der Waals surface area contributed by atoms with Crippen molar-refractivity contribution in [3.63, 3.8) is 0 Å². The molecule has 0 aliphatic carbocycles. The number of hydrogen-bond acceptors (Lipinski definition) is 2. The molecule has 0 N–H and O–H groups in total. The Morgan fingerprint density at radius 2 is 1.83 bits per heavy atom. The average molecular weight is 254 g/mol. The Balaban J connectivity index is 1.96. The van der Waals surface area contributed by atoms with E-state index in [4.69, 9.17) is 0 Å². The lowest BCUT2D eigenvalue weighted by Crippen LogP contribution is -1.87. The Hall–Kier alpha value is -1.93. The number of aryl methyl sites for hydroxylation is 1. The van der Waals surface area contributed by atoms with Crippen LogP contribution in [-0.4, -0.2) is 5.78 Å². The minimum atomic E-state index is 0.0609. The second-order valence-corrected chi connectivity index (χ2v) is 5.19. The van der Waals surface area contributed by atoms with Gasteiger partial charge < -0.3 is 0 Å². The van der Waals surface area contributed by atoms with Gasteiger partial charge in [0.1, 0.15) is 0 Å². The molecule has 18 heavy (non-hydrogen) atoms. The first-order valence-corrected chi connectivity index (χ1v) is 6.58. The van der Waals surface area contributed by atoms with E-state index in [1.54, 1.807) is 12.2 Å². The number of allylic oxidation sites excluding steroid dienone is 3. The Morgan fingerprint density at radius 3 is 2.50 bits per heavy atom. The van der Waals surface area contributed by atoms with Crippen molar-refractivity contribution >= 4 is 23.2 Å². The fourth-order valence-electron chi connectivity index (χ4n) is 1.52. The molecular weight excluding hydrogens is 240 g/mol. The number of rotatable bonds is 4. The summed E-state index contributed by atoms with van der Waals surface area (Å²) in [5.41, 5.74) is 1.13. The fourth-order valence-corrected chi connectivity index (χ4v) is 2.31. The van der Waals surface area contributed by atoms with Crippen molar-refractivity contribution in [2.75, 3.05) is 0 Å². The molecule has 0 aliphatic heterocycles. The van der Waals surface area contributed by atoms with E-state index in [1.165, 1.54) is 11.3 Å². The third-order valence-electron chi connectivity index (χ3n) is 2.43. The SMILES string of the molecule is Cc1ccc(C(=O)/C=C/C=C/c2ccccc2)s1. The van der Waals surface area contributed by atoms with E-state index < -0.39 is 0 Å². The van der Waals surface area contributed by atoms with Gasteiger partial charge in [0.2, 0.25) is 0 Å². The summed E-state index contributed by atoms with van der Waals surface area (Å²) in [5, 5.41) is 0. The second kappa shape index (κ2) is 6.12. The summed E-state index contributed by atoms with van der Waals surface area (Å²) in [6.45, 7) is 2.00. The molecule has 2 heteroatoms. The van der Waals surface area contributed by atoms with Crippen LogP contribution in [0.15, 0.2) is 60.7 Å². The van der Waals surface area contributed by atoms with Crippen molar-refractivity contribution in [3.05, 3.63) is 76.0 Å². The first-order chi connectivity index (χ1) is 8.75. The van der Waals surface area contributed by atoms with Gasteiger partial charge in [-0.2, -0.15) is 0 Å². The van der Waals surface area contributed by atoms with E-state index in [0.29, 0.717) is 0 Å². The average Bonchev–Trinajstić information content (AvgIpc) is 2.82. The smallest absolute Gasteiger partial charge is 0.195 e. The normalized spacial score (nSPS) is 11.4. The molecule has 1 nitrogen and oxygen atoms in total. The van der Waals surface area contributed by atoms with Crippen molar-refractivity contribution < 1.29 is 4.79 Å². The van der Waals surface area contributed by atoms with Crippen molar-refractivity contribution in [2.24, 2.45) is 0 Å². The number of benzene rings is 1. The van der Waals surface area contributed by atoms with Crippen LogP contribution in [0, 0.1) is 6.92 Å². The minimum Gasteiger partial charge on any atom is -0.288 e. The summed E-state index contributed by atoms with van der Waals surface area (Å²) in [6.07, 6.45) is 7.24. The van der Waals surface area contributed by atoms with E-state index in [0.717, 1.165) is 15.3 Å². The van der Waals surface area contributed by atoms with E-state index in [2.05, 4.69) is 0 Å². The van der Waals surface area contributed by atoms with E-state index in [1.807, 2.05) is 61.5 Å². The van der Waals surface area contributed by atoms with Crippen LogP contribution in [-0.2, 0) is 0 Å². The van der Waals surface area contributed by atoms with Gasteiger partial charge in [0.25, 0.3) is 0 Å². The summed E-state index contributed by atoms with van der Waals surface area (Å²) < 4.78 is 0. The maximum atomic E-state index is 11.8. The molecule has 1 aromatic heterocycles. The zero-order valence-electron chi connectivity index (χ0n) is 10.2. The van der Waals surface area contributed by atoms with Gasteiger partial charge in [-0.3, -0.25) is 4.79 Å². The monoisotopic (exact) mass is 254 g/mol. The quantitative estimate of drug-likeness (QED) is 0.446. The van der Waals surface area contributed by atoms with Gasteiger partial charge in [-0.25, -0.2) is 0 Å². The van der Waals surface area contributed by atoms with Gasteiger partial charge in [0.05, 0.1) is 4.88 Å². The molecule has 0 unspecified atom stereocenters. The van der Waals surface area contributed by atoms with Crippen molar-refractivity contribution in [1.29, 1.82) is 0 Å². The van der Waals surface area contributed by atoms with Crippen LogP contribution in [0.3, 0.4) is 0 Å². The van der Waals surface area contributed by atoms with E-state index in [9.17, 15) is 4.79 Å². The van der Waals surface area contributed by atoms with Gasteiger partial charge in [0.15, 0.2) is 5.78 Å². The highest BCUT2D eigenvalue weighted by Crippen LogP contribution is 2.15. The first kappa shape index (κ1) is 12.5. The molecule has 0 saturated heterocycles. The van der Waals surface area contributed by atoms with Crippen LogP contribution < -0.4 is 0 Å². The molecule has 2 aromatic rings. The topological polar surface area (TPSA) is 17.1 Å². The number of carbonyl (C=O) groups excluding carboxylic acids is 1. The van der Waals surface area contributed by atoms with Crippen molar-refractivity contribution in [3.8, 4) is 0 Å². The Bertz CT molecular complexity index is 576. The molecule has 90 valence electrons. The molecule has 0 spiro atoms. The molecule has 2 rings (SSSR count). The highest BCUT2D eigenvalue weighted by molar-refractivity contribution is 7.14. The highest BCUT2D eigenvalue weighted by Gasteiger charge is 2.02. The minimum absolute atomic E-state index is 0.0609. The molecule has 1 aromatic carbocycles. The van der Waals surface area contributed by atoms with Crippen LogP contribution >= 0.6 is 11.3 Å². The predicted molar refractivity (Wildman–Crippen MR) is 78.0 cm³/mol. The molecule has 0 bridgehead atoms. The van der Waals surface area contributed by atoms with Gasteiger partial charge in [-0.05, 0) is 30.7 Å². The highest BCUT2D eigenvalue weighted by atomic mass is 32.1. The van der Waals surface area contributed by atoms with Gasteiger partial charge >= 0.3 is 0 Å². The molecule has 1 heterocycles. The summed E-state index contributed by atoms with van der Waals surface area (Å²) in [5.74, 6) is 0.0609. The summed E-state index contributed by atoms with van der Waals surface area (Å²) in [4.78, 5) is 13.7. The molecule has 0 aliphatic rings. The van der Waals surface area contributed by atoms with Crippen molar-refractivity contribution in [2.45, 2.75) is 6.92 Å². The third kappa shape index (κ3) is 3.54. The largest absolute Gasteiger partial charge is 0.288 e. The van der Waals surface area contributed by atoms with Crippen LogP contribution in [0.2, 0.25) is 0 Å². The van der Waals surface area contributed by atoms with Gasteiger partial charge in [0, 0.05) is 4.88 Å². The molecule has 0 fully saturated rings. The molecular formula is C16H14OS. The fraction of sp³-hybridized carbons (Fsp3) is 0.0625. The maximum absolute atomic E-state index is 11.8. The number of ketones is 1. The van der Waals surface area contributed by atoms with Crippen LogP contribution in [0.5, 0.6) is 0 Å². The summed E-state index contributed by atoms with van der Waals surface area (Å²) >= 11 is 1.53. The van der Waals surface area contributed by atoms with Crippen LogP contribution in [0.1, 0.15) is 20.1 Å². The molecule has 0 amide bonds. The maximum Gasteiger partial charge on any atom is 0.195 e. The van der Waals surface area contributed by atoms with Gasteiger partial charge in [-0.15, -0.1) is 11.3 Å². The summed E-state index contributed by atoms with van der Waals surface area (Å²) in [7, 11) is 0. The van der Waals surface area contributed by atoms with E-state index >= 15 is 0 Å². The number of carbonyl (C=O) groups is 1. The zero-order valence-corrected chi connectivity index (χ0v) is 11.0. The van der Waals surface area contributed by atoms with E-state index in [-0.39, 0.29) is 5.78 Å². The number of hydrogen-bond donors (Lipinski definition) is 0. The standard InChI is InChI=1S/C16H14OS/c1-13-11-12-16(18-13)15(17)10-6-5-9-14-7-3-2-4-8-14/h2-12H,1H3/b9-5+,10-6+. The molecule has 0 atom stereocenters. The first-order valence-electron chi connectivity index (χ1n) is 5.76. The second-order valence-electron chi connectivity index (χ2n) is 3.90. The zero-order chi connectivity index (χ0) is 12.8. The third-order valence-corrected chi connectivity index (χ3v) is 3.45. The van der Waals surface area contributed by atoms with Crippen LogP contribution in [0.25, 0.3) is 6.08 Å². The molecule has 0 radical (unpaired) electrons. The summed E-state index contributed by atoms with van der Waals surface area (Å²) in [6, 6.07) is 13.8. The van der Waals surface area contributed by atoms with Crippen LogP contribution in [0.4, 0.5) is 0 Å². The Labute approximate surface area is 111 Å². The Kier molecular flexibility index (Phi) is 4.26. The lowest BCUT2D eigenvalue weighted by atomic mass is 10.2. The van der Waals surface area contributed by atoms with Gasteiger partial charge in [-0.1, -0.05) is 48.6 Å². The molecule has 0 saturated carbocycles. The predicted octanol–water partition coefficient (Wildman–Crippen LogP) is 4.51.